The summed E-state index contributed by atoms with van der Waals surface area (Å²) in [4.78, 5) is 4.47. The van der Waals surface area contributed by atoms with Gasteiger partial charge in [0.25, 0.3) is 0 Å². The zero-order valence-electron chi connectivity index (χ0n) is 9.44. The smallest absolute Gasteiger partial charge is 0.231 e. The quantitative estimate of drug-likeness (QED) is 0.825. The van der Waals surface area contributed by atoms with Crippen LogP contribution in [0.25, 0.3) is 0 Å². The van der Waals surface area contributed by atoms with Crippen LogP contribution in [-0.4, -0.2) is 16.2 Å². The number of hydrogen-bond donors (Lipinski definition) is 1. The minimum absolute atomic E-state index is 0.0738. The van der Waals surface area contributed by atoms with E-state index in [0.29, 0.717) is 5.92 Å². The fourth-order valence-electron chi connectivity index (χ4n) is 2.00. The average molecular weight is 209 g/mol. The van der Waals surface area contributed by atoms with Crippen molar-refractivity contribution in [1.29, 1.82) is 0 Å². The molecule has 0 amide bonds. The molecule has 0 aliphatic heterocycles. The molecule has 84 valence electrons. The van der Waals surface area contributed by atoms with E-state index >= 15 is 0 Å². The summed E-state index contributed by atoms with van der Waals surface area (Å²) in [5.41, 5.74) is 5.88. The van der Waals surface area contributed by atoms with Crippen LogP contribution in [0.2, 0.25) is 0 Å². The summed E-state index contributed by atoms with van der Waals surface area (Å²) in [7, 11) is 0. The Kier molecular flexibility index (Phi) is 3.05. The lowest BCUT2D eigenvalue weighted by molar-refractivity contribution is 0.321. The summed E-state index contributed by atoms with van der Waals surface area (Å²) in [5, 5.41) is 4.05. The first-order valence-electron chi connectivity index (χ1n) is 5.81. The van der Waals surface area contributed by atoms with Gasteiger partial charge in [-0.2, -0.15) is 4.98 Å². The van der Waals surface area contributed by atoms with E-state index in [0.717, 1.165) is 18.1 Å². The molecule has 2 N–H and O–H groups in total. The molecule has 1 aliphatic carbocycles. The Morgan fingerprint density at radius 1 is 1.53 bits per heavy atom. The van der Waals surface area contributed by atoms with Crippen molar-refractivity contribution in [2.45, 2.75) is 57.4 Å². The van der Waals surface area contributed by atoms with E-state index in [1.807, 2.05) is 6.92 Å². The molecule has 15 heavy (non-hydrogen) atoms. The summed E-state index contributed by atoms with van der Waals surface area (Å²) >= 11 is 0. The van der Waals surface area contributed by atoms with Gasteiger partial charge in [0.05, 0.1) is 5.92 Å². The molecule has 0 radical (unpaired) electrons. The summed E-state index contributed by atoms with van der Waals surface area (Å²) in [5.74, 6) is 2.34. The zero-order valence-corrected chi connectivity index (χ0v) is 9.44. The van der Waals surface area contributed by atoms with Crippen molar-refractivity contribution < 1.29 is 4.52 Å². The molecule has 4 heteroatoms. The highest BCUT2D eigenvalue weighted by Crippen LogP contribution is 2.35. The van der Waals surface area contributed by atoms with Gasteiger partial charge in [0.1, 0.15) is 0 Å². The van der Waals surface area contributed by atoms with Crippen molar-refractivity contribution >= 4 is 0 Å². The van der Waals surface area contributed by atoms with Crippen LogP contribution in [0.1, 0.15) is 63.1 Å². The van der Waals surface area contributed by atoms with Crippen LogP contribution < -0.4 is 5.73 Å². The largest absolute Gasteiger partial charge is 0.339 e. The molecule has 1 fully saturated rings. The van der Waals surface area contributed by atoms with Crippen LogP contribution >= 0.6 is 0 Å². The number of nitrogens with two attached hydrogens (primary N) is 1. The third kappa shape index (κ3) is 2.04. The molecule has 0 spiro atoms. The summed E-state index contributed by atoms with van der Waals surface area (Å²) in [6, 6.07) is 0.0738. The Morgan fingerprint density at radius 2 is 2.27 bits per heavy atom. The van der Waals surface area contributed by atoms with Crippen molar-refractivity contribution in [1.82, 2.24) is 10.1 Å². The van der Waals surface area contributed by atoms with Crippen molar-refractivity contribution in [3.05, 3.63) is 11.7 Å². The Bertz CT molecular complexity index is 317. The van der Waals surface area contributed by atoms with Gasteiger partial charge in [-0.25, -0.2) is 0 Å². The molecule has 1 saturated carbocycles. The fourth-order valence-corrected chi connectivity index (χ4v) is 2.00. The maximum Gasteiger partial charge on any atom is 0.231 e. The normalized spacial score (nSPS) is 21.0. The number of aromatic nitrogens is 2. The SMILES string of the molecule is CCC(c1nc(C2CCC2)no1)C(C)N. The molecule has 1 aromatic rings. The second-order valence-electron chi connectivity index (χ2n) is 4.49. The molecule has 1 aliphatic rings. The lowest BCUT2D eigenvalue weighted by Crippen LogP contribution is -2.24. The van der Waals surface area contributed by atoms with Crippen molar-refractivity contribution in [3.63, 3.8) is 0 Å². The van der Waals surface area contributed by atoms with E-state index in [9.17, 15) is 0 Å². The molecular formula is C11H19N3O. The van der Waals surface area contributed by atoms with Gasteiger partial charge in [0.15, 0.2) is 5.82 Å². The molecule has 0 aromatic carbocycles. The number of nitrogens with zero attached hydrogens (tertiary/aromatic N) is 2. The van der Waals surface area contributed by atoms with E-state index in [1.54, 1.807) is 0 Å². The Balaban J connectivity index is 2.10. The van der Waals surface area contributed by atoms with E-state index in [2.05, 4.69) is 17.1 Å². The van der Waals surface area contributed by atoms with Crippen molar-refractivity contribution in [2.24, 2.45) is 5.73 Å². The molecular weight excluding hydrogens is 190 g/mol. The van der Waals surface area contributed by atoms with E-state index in [4.69, 9.17) is 10.3 Å². The zero-order chi connectivity index (χ0) is 10.8. The Morgan fingerprint density at radius 3 is 2.73 bits per heavy atom. The molecule has 1 heterocycles. The highest BCUT2D eigenvalue weighted by Gasteiger charge is 2.27. The van der Waals surface area contributed by atoms with E-state index in [-0.39, 0.29) is 12.0 Å². The minimum Gasteiger partial charge on any atom is -0.339 e. The number of hydrogen-bond acceptors (Lipinski definition) is 4. The summed E-state index contributed by atoms with van der Waals surface area (Å²) in [6.07, 6.45) is 4.64. The predicted octanol–water partition coefficient (Wildman–Crippen LogP) is 2.18. The first-order chi connectivity index (χ1) is 7.22. The summed E-state index contributed by atoms with van der Waals surface area (Å²) < 4.78 is 5.29. The van der Waals surface area contributed by atoms with Crippen LogP contribution in [0, 0.1) is 0 Å². The van der Waals surface area contributed by atoms with Crippen LogP contribution in [0.4, 0.5) is 0 Å². The summed E-state index contributed by atoms with van der Waals surface area (Å²) in [6.45, 7) is 4.09. The third-order valence-electron chi connectivity index (χ3n) is 3.32. The van der Waals surface area contributed by atoms with Gasteiger partial charge in [-0.05, 0) is 26.2 Å². The second kappa shape index (κ2) is 4.31. The maximum atomic E-state index is 5.88. The van der Waals surface area contributed by atoms with Gasteiger partial charge in [-0.15, -0.1) is 0 Å². The molecule has 0 saturated heterocycles. The lowest BCUT2D eigenvalue weighted by atomic mass is 9.85. The minimum atomic E-state index is 0.0738. The van der Waals surface area contributed by atoms with Gasteiger partial charge < -0.3 is 10.3 Å². The average Bonchev–Trinajstić information content (AvgIpc) is 2.51. The molecule has 1 aromatic heterocycles. The van der Waals surface area contributed by atoms with E-state index in [1.165, 1.54) is 19.3 Å². The first-order valence-corrected chi connectivity index (χ1v) is 5.81. The molecule has 4 nitrogen and oxygen atoms in total. The molecule has 0 bridgehead atoms. The lowest BCUT2D eigenvalue weighted by Gasteiger charge is -2.21. The second-order valence-corrected chi connectivity index (χ2v) is 4.49. The molecule has 2 atom stereocenters. The van der Waals surface area contributed by atoms with Gasteiger partial charge in [0, 0.05) is 12.0 Å². The monoisotopic (exact) mass is 209 g/mol. The predicted molar refractivity (Wildman–Crippen MR) is 57.6 cm³/mol. The van der Waals surface area contributed by atoms with Crippen LogP contribution in [0.15, 0.2) is 4.52 Å². The Hall–Kier alpha value is -0.900. The maximum absolute atomic E-state index is 5.88. The van der Waals surface area contributed by atoms with Crippen molar-refractivity contribution in [2.75, 3.05) is 0 Å². The van der Waals surface area contributed by atoms with Gasteiger partial charge in [-0.3, -0.25) is 0 Å². The topological polar surface area (TPSA) is 64.9 Å². The Labute approximate surface area is 90.2 Å². The highest BCUT2D eigenvalue weighted by atomic mass is 16.5. The first kappa shape index (κ1) is 10.6. The van der Waals surface area contributed by atoms with Gasteiger partial charge in [-0.1, -0.05) is 18.5 Å². The molecule has 2 unspecified atom stereocenters. The third-order valence-corrected chi connectivity index (χ3v) is 3.32. The standard InChI is InChI=1S/C11H19N3O/c1-3-9(7(2)12)11-13-10(14-15-11)8-5-4-6-8/h7-9H,3-6,12H2,1-2H3. The van der Waals surface area contributed by atoms with Crippen LogP contribution in [0.5, 0.6) is 0 Å². The highest BCUT2D eigenvalue weighted by molar-refractivity contribution is 5.03. The van der Waals surface area contributed by atoms with Gasteiger partial charge >= 0.3 is 0 Å². The fraction of sp³-hybridized carbons (Fsp3) is 0.818. The van der Waals surface area contributed by atoms with Crippen molar-refractivity contribution in [3.8, 4) is 0 Å². The van der Waals surface area contributed by atoms with E-state index < -0.39 is 0 Å². The number of rotatable bonds is 4. The van der Waals surface area contributed by atoms with Gasteiger partial charge in [0.2, 0.25) is 5.89 Å². The molecule has 2 rings (SSSR count). The van der Waals surface area contributed by atoms with Crippen LogP contribution in [0.3, 0.4) is 0 Å². The van der Waals surface area contributed by atoms with Crippen LogP contribution in [-0.2, 0) is 0 Å².